The van der Waals surface area contributed by atoms with Gasteiger partial charge < -0.3 is 14.5 Å². The average molecular weight is 456 g/mol. The van der Waals surface area contributed by atoms with Crippen molar-refractivity contribution < 1.29 is 35.9 Å². The Hall–Kier alpha value is -3.08. The van der Waals surface area contributed by atoms with Gasteiger partial charge in [0.2, 0.25) is 9.84 Å². The van der Waals surface area contributed by atoms with Gasteiger partial charge in [-0.2, -0.15) is 13.2 Å². The molecule has 0 aromatic heterocycles. The van der Waals surface area contributed by atoms with Crippen LogP contribution < -0.4 is 9.64 Å². The van der Waals surface area contributed by atoms with E-state index >= 15 is 0 Å². The van der Waals surface area contributed by atoms with Gasteiger partial charge in [0.05, 0.1) is 22.5 Å². The Labute approximate surface area is 176 Å². The first-order valence-corrected chi connectivity index (χ1v) is 10.7. The first kappa shape index (κ1) is 22.6. The standard InChI is InChI=1S/C20H19F3N2O5S/c1-30-14-4-2-5-15(12-14)31(28,29)18-7-3-6-17(16(18)13-26)24-8-10-25(11-9-24)19(27)20(21,22)23/h2-7,12-13H,8-11H2,1H3. The number of sulfone groups is 1. The summed E-state index contributed by atoms with van der Waals surface area (Å²) in [5, 5.41) is 0. The number of carbonyl (C=O) groups excluding carboxylic acids is 2. The van der Waals surface area contributed by atoms with Crippen molar-refractivity contribution in [2.24, 2.45) is 0 Å². The molecule has 0 N–H and O–H groups in total. The van der Waals surface area contributed by atoms with Crippen molar-refractivity contribution >= 4 is 27.7 Å². The fraction of sp³-hybridized carbons (Fsp3) is 0.300. The molecule has 2 aromatic rings. The fourth-order valence-electron chi connectivity index (χ4n) is 3.39. The van der Waals surface area contributed by atoms with E-state index in [0.29, 0.717) is 16.9 Å². The molecule has 1 amide bonds. The number of aldehydes is 1. The van der Waals surface area contributed by atoms with Gasteiger partial charge in [-0.25, -0.2) is 8.42 Å². The predicted octanol–water partition coefficient (Wildman–Crippen LogP) is 2.55. The van der Waals surface area contributed by atoms with Gasteiger partial charge in [-0.3, -0.25) is 9.59 Å². The summed E-state index contributed by atoms with van der Waals surface area (Å²) < 4.78 is 69.3. The SMILES string of the molecule is COc1cccc(S(=O)(=O)c2cccc(N3CCN(C(=O)C(F)(F)F)CC3)c2C=O)c1. The van der Waals surface area contributed by atoms with Crippen LogP contribution in [-0.2, 0) is 14.6 Å². The molecule has 7 nitrogen and oxygen atoms in total. The van der Waals surface area contributed by atoms with E-state index in [2.05, 4.69) is 0 Å². The molecule has 0 saturated carbocycles. The smallest absolute Gasteiger partial charge is 0.471 e. The molecule has 1 heterocycles. The first-order chi connectivity index (χ1) is 14.6. The summed E-state index contributed by atoms with van der Waals surface area (Å²) in [6, 6.07) is 10.1. The highest BCUT2D eigenvalue weighted by Crippen LogP contribution is 2.32. The number of piperazine rings is 1. The minimum atomic E-state index is -4.96. The second kappa shape index (κ2) is 8.58. The van der Waals surface area contributed by atoms with Gasteiger partial charge in [-0.05, 0) is 30.3 Å². The lowest BCUT2D eigenvalue weighted by Crippen LogP contribution is -2.52. The normalized spacial score (nSPS) is 15.0. The number of hydrogen-bond donors (Lipinski definition) is 0. The highest BCUT2D eigenvalue weighted by Gasteiger charge is 2.43. The molecule has 11 heteroatoms. The summed E-state index contributed by atoms with van der Waals surface area (Å²) in [5.41, 5.74) is 0.180. The number of benzene rings is 2. The third-order valence-electron chi connectivity index (χ3n) is 4.95. The van der Waals surface area contributed by atoms with E-state index in [0.717, 1.165) is 0 Å². The van der Waals surface area contributed by atoms with Gasteiger partial charge in [0.15, 0.2) is 6.29 Å². The summed E-state index contributed by atoms with van der Waals surface area (Å²) in [6.45, 7) is -0.371. The average Bonchev–Trinajstić information content (AvgIpc) is 2.77. The summed E-state index contributed by atoms with van der Waals surface area (Å²) in [7, 11) is -2.68. The third-order valence-corrected chi connectivity index (χ3v) is 6.76. The molecule has 0 bridgehead atoms. The van der Waals surface area contributed by atoms with Crippen LogP contribution in [-0.4, -0.2) is 65.0 Å². The van der Waals surface area contributed by atoms with E-state index < -0.39 is 21.9 Å². The van der Waals surface area contributed by atoms with Crippen molar-refractivity contribution in [2.45, 2.75) is 16.0 Å². The summed E-state index contributed by atoms with van der Waals surface area (Å²) in [6.07, 6.45) is -4.55. The molecule has 2 aromatic carbocycles. The fourth-order valence-corrected chi connectivity index (χ4v) is 4.87. The summed E-state index contributed by atoms with van der Waals surface area (Å²) in [5.74, 6) is -1.59. The maximum absolute atomic E-state index is 13.2. The Morgan fingerprint density at radius 3 is 2.29 bits per heavy atom. The number of carbonyl (C=O) groups is 2. The maximum atomic E-state index is 13.2. The van der Waals surface area contributed by atoms with Gasteiger partial charge in [-0.15, -0.1) is 0 Å². The van der Waals surface area contributed by atoms with E-state index in [9.17, 15) is 31.2 Å². The Morgan fingerprint density at radius 1 is 1.06 bits per heavy atom. The van der Waals surface area contributed by atoms with E-state index in [1.807, 2.05) is 0 Å². The van der Waals surface area contributed by atoms with E-state index in [4.69, 9.17) is 4.74 Å². The van der Waals surface area contributed by atoms with Gasteiger partial charge in [0.25, 0.3) is 0 Å². The quantitative estimate of drug-likeness (QED) is 0.643. The van der Waals surface area contributed by atoms with Crippen molar-refractivity contribution in [2.75, 3.05) is 38.2 Å². The molecule has 166 valence electrons. The number of methoxy groups -OCH3 is 1. The topological polar surface area (TPSA) is 84.0 Å². The Bertz CT molecular complexity index is 1090. The van der Waals surface area contributed by atoms with E-state index in [1.165, 1.54) is 43.5 Å². The van der Waals surface area contributed by atoms with Crippen LogP contribution in [0.3, 0.4) is 0 Å². The number of alkyl halides is 3. The van der Waals surface area contributed by atoms with Crippen molar-refractivity contribution in [3.05, 3.63) is 48.0 Å². The summed E-state index contributed by atoms with van der Waals surface area (Å²) in [4.78, 5) is 25.3. The van der Waals surface area contributed by atoms with Gasteiger partial charge >= 0.3 is 12.1 Å². The zero-order chi connectivity index (χ0) is 22.8. The Balaban J connectivity index is 1.92. The molecule has 1 aliphatic rings. The van der Waals surface area contributed by atoms with Gasteiger partial charge in [0, 0.05) is 31.9 Å². The molecule has 0 spiro atoms. The third kappa shape index (κ3) is 4.50. The largest absolute Gasteiger partial charge is 0.497 e. The zero-order valence-electron chi connectivity index (χ0n) is 16.4. The van der Waals surface area contributed by atoms with Gasteiger partial charge in [0.1, 0.15) is 5.75 Å². The molecule has 31 heavy (non-hydrogen) atoms. The molecule has 0 atom stereocenters. The molecular weight excluding hydrogens is 437 g/mol. The van der Waals surface area contributed by atoms with Crippen LogP contribution in [0, 0.1) is 0 Å². The number of amides is 1. The van der Waals surface area contributed by atoms with Crippen LogP contribution in [0.5, 0.6) is 5.75 Å². The van der Waals surface area contributed by atoms with E-state index in [-0.39, 0.29) is 47.2 Å². The van der Waals surface area contributed by atoms with Crippen LogP contribution in [0.1, 0.15) is 10.4 Å². The number of anilines is 1. The van der Waals surface area contributed by atoms with Crippen molar-refractivity contribution in [3.8, 4) is 5.75 Å². The molecule has 1 fully saturated rings. The Kier molecular flexibility index (Phi) is 6.25. The molecule has 0 unspecified atom stereocenters. The molecule has 0 aliphatic carbocycles. The highest BCUT2D eigenvalue weighted by atomic mass is 32.2. The molecule has 0 radical (unpaired) electrons. The van der Waals surface area contributed by atoms with Crippen molar-refractivity contribution in [3.63, 3.8) is 0 Å². The predicted molar refractivity (Wildman–Crippen MR) is 105 cm³/mol. The number of nitrogens with zero attached hydrogens (tertiary/aromatic N) is 2. The molecular formula is C20H19F3N2O5S. The lowest BCUT2D eigenvalue weighted by molar-refractivity contribution is -0.185. The number of halogens is 3. The minimum absolute atomic E-state index is 0.0192. The lowest BCUT2D eigenvalue weighted by atomic mass is 10.1. The number of rotatable bonds is 5. The highest BCUT2D eigenvalue weighted by molar-refractivity contribution is 7.91. The van der Waals surface area contributed by atoms with Crippen LogP contribution >= 0.6 is 0 Å². The Morgan fingerprint density at radius 2 is 1.71 bits per heavy atom. The van der Waals surface area contributed by atoms with Crippen LogP contribution in [0.25, 0.3) is 0 Å². The molecule has 1 aliphatic heterocycles. The van der Waals surface area contributed by atoms with E-state index in [1.54, 1.807) is 11.0 Å². The molecule has 3 rings (SSSR count). The van der Waals surface area contributed by atoms with Crippen LogP contribution in [0.4, 0.5) is 18.9 Å². The first-order valence-electron chi connectivity index (χ1n) is 9.18. The lowest BCUT2D eigenvalue weighted by Gasteiger charge is -2.37. The summed E-state index contributed by atoms with van der Waals surface area (Å²) >= 11 is 0. The molecule has 1 saturated heterocycles. The number of hydrogen-bond acceptors (Lipinski definition) is 6. The van der Waals surface area contributed by atoms with Crippen molar-refractivity contribution in [1.29, 1.82) is 0 Å². The second-order valence-corrected chi connectivity index (χ2v) is 8.68. The van der Waals surface area contributed by atoms with Crippen LogP contribution in [0.2, 0.25) is 0 Å². The number of ether oxygens (including phenoxy) is 1. The minimum Gasteiger partial charge on any atom is -0.497 e. The second-order valence-electron chi connectivity index (χ2n) is 6.77. The monoisotopic (exact) mass is 456 g/mol. The van der Waals surface area contributed by atoms with Crippen LogP contribution in [0.15, 0.2) is 52.3 Å². The maximum Gasteiger partial charge on any atom is 0.471 e. The van der Waals surface area contributed by atoms with Gasteiger partial charge in [-0.1, -0.05) is 12.1 Å². The zero-order valence-corrected chi connectivity index (χ0v) is 17.2. The van der Waals surface area contributed by atoms with Crippen molar-refractivity contribution in [1.82, 2.24) is 4.90 Å².